The lowest BCUT2D eigenvalue weighted by Gasteiger charge is -2.30. The van der Waals surface area contributed by atoms with Crippen LogP contribution in [-0.2, 0) is 17.8 Å². The van der Waals surface area contributed by atoms with Crippen LogP contribution < -0.4 is 14.4 Å². The Hall–Kier alpha value is -3.80. The number of nitrogens with zero attached hydrogens (tertiary/aromatic N) is 2. The van der Waals surface area contributed by atoms with Gasteiger partial charge in [0.05, 0.1) is 26.7 Å². The number of carbonyl (C=O) groups excluding carboxylic acids is 2. The normalized spacial score (nSPS) is 13.4. The maximum Gasteiger partial charge on any atom is 0.255 e. The van der Waals surface area contributed by atoms with Gasteiger partial charge in [0.15, 0.2) is 11.5 Å². The van der Waals surface area contributed by atoms with Gasteiger partial charge in [0.25, 0.3) is 5.91 Å². The number of rotatable bonds is 8. The first-order valence-electron chi connectivity index (χ1n) is 11.4. The first-order chi connectivity index (χ1) is 16.5. The predicted molar refractivity (Wildman–Crippen MR) is 132 cm³/mol. The molecule has 0 unspecified atom stereocenters. The molecule has 0 aliphatic carbocycles. The lowest BCUT2D eigenvalue weighted by molar-refractivity contribution is -0.119. The Kier molecular flexibility index (Phi) is 6.87. The third-order valence-electron chi connectivity index (χ3n) is 6.49. The summed E-state index contributed by atoms with van der Waals surface area (Å²) in [6.45, 7) is 2.55. The molecule has 0 saturated heterocycles. The van der Waals surface area contributed by atoms with E-state index in [4.69, 9.17) is 9.47 Å². The van der Waals surface area contributed by atoms with Crippen LogP contribution >= 0.6 is 0 Å². The Morgan fingerprint density at radius 3 is 2.35 bits per heavy atom. The van der Waals surface area contributed by atoms with Crippen molar-refractivity contribution in [2.24, 2.45) is 0 Å². The second-order valence-corrected chi connectivity index (χ2v) is 8.40. The van der Waals surface area contributed by atoms with Crippen LogP contribution in [-0.4, -0.2) is 38.0 Å². The van der Waals surface area contributed by atoms with Gasteiger partial charge in [-0.2, -0.15) is 0 Å². The molecule has 176 valence electrons. The molecule has 0 radical (unpaired) electrons. The van der Waals surface area contributed by atoms with E-state index in [9.17, 15) is 9.59 Å². The molecule has 0 aromatic heterocycles. The van der Waals surface area contributed by atoms with Crippen LogP contribution in [0.3, 0.4) is 0 Å². The number of fused-ring (bicyclic) bond motifs is 1. The lowest BCUT2D eigenvalue weighted by Crippen LogP contribution is -2.35. The second-order valence-electron chi connectivity index (χ2n) is 8.40. The highest BCUT2D eigenvalue weighted by Gasteiger charge is 2.35. The van der Waals surface area contributed by atoms with E-state index < -0.39 is 6.04 Å². The minimum atomic E-state index is -0.454. The minimum absolute atomic E-state index is 0.0712. The maximum atomic E-state index is 13.4. The van der Waals surface area contributed by atoms with E-state index in [1.54, 1.807) is 31.1 Å². The Morgan fingerprint density at radius 2 is 1.71 bits per heavy atom. The molecule has 1 heterocycles. The van der Waals surface area contributed by atoms with Gasteiger partial charge in [-0.1, -0.05) is 43.3 Å². The van der Waals surface area contributed by atoms with Gasteiger partial charge in [-0.25, -0.2) is 0 Å². The average Bonchev–Trinajstić information content (AvgIpc) is 3.22. The van der Waals surface area contributed by atoms with Crippen LogP contribution in [0.2, 0.25) is 0 Å². The molecule has 1 atom stereocenters. The Bertz CT molecular complexity index is 1190. The van der Waals surface area contributed by atoms with E-state index >= 15 is 0 Å². The zero-order valence-corrected chi connectivity index (χ0v) is 20.1. The van der Waals surface area contributed by atoms with E-state index in [0.29, 0.717) is 23.6 Å². The molecule has 1 aliphatic rings. The van der Waals surface area contributed by atoms with Gasteiger partial charge >= 0.3 is 0 Å². The fourth-order valence-corrected chi connectivity index (χ4v) is 4.40. The van der Waals surface area contributed by atoms with Crippen LogP contribution in [0.25, 0.3) is 0 Å². The molecule has 3 aromatic rings. The smallest absolute Gasteiger partial charge is 0.255 e. The lowest BCUT2D eigenvalue weighted by atomic mass is 10.00. The summed E-state index contributed by atoms with van der Waals surface area (Å²) < 4.78 is 10.9. The van der Waals surface area contributed by atoms with Gasteiger partial charge in [-0.3, -0.25) is 9.59 Å². The van der Waals surface area contributed by atoms with Crippen molar-refractivity contribution in [3.05, 3.63) is 89.0 Å². The van der Waals surface area contributed by atoms with Gasteiger partial charge in [0, 0.05) is 24.8 Å². The summed E-state index contributed by atoms with van der Waals surface area (Å²) in [5, 5.41) is 0. The number of carbonyl (C=O) groups is 2. The number of aryl methyl sites for hydroxylation is 1. The molecule has 0 fully saturated rings. The van der Waals surface area contributed by atoms with Crippen molar-refractivity contribution in [1.29, 1.82) is 0 Å². The highest BCUT2D eigenvalue weighted by Crippen LogP contribution is 2.37. The summed E-state index contributed by atoms with van der Waals surface area (Å²) >= 11 is 0. The summed E-state index contributed by atoms with van der Waals surface area (Å²) in [5.41, 5.74) is 4.51. The van der Waals surface area contributed by atoms with Gasteiger partial charge in [-0.15, -0.1) is 0 Å². The molecule has 1 aliphatic heterocycles. The van der Waals surface area contributed by atoms with Gasteiger partial charge in [0.1, 0.15) is 0 Å². The summed E-state index contributed by atoms with van der Waals surface area (Å²) in [6.07, 6.45) is 1.08. The van der Waals surface area contributed by atoms with E-state index in [2.05, 4.69) is 6.92 Å². The molecule has 0 bridgehead atoms. The molecule has 4 rings (SSSR count). The molecular formula is C28H30N2O4. The number of hydrogen-bond donors (Lipinski definition) is 0. The quantitative estimate of drug-likeness (QED) is 0.476. The summed E-state index contributed by atoms with van der Waals surface area (Å²) in [5.74, 6) is 1.01. The van der Waals surface area contributed by atoms with Crippen molar-refractivity contribution < 1.29 is 19.1 Å². The predicted octanol–water partition coefficient (Wildman–Crippen LogP) is 5.02. The molecule has 6 heteroatoms. The van der Waals surface area contributed by atoms with E-state index in [-0.39, 0.29) is 18.2 Å². The SMILES string of the molecule is CCc1ccc(N(C)C(=O)C[C@@H](c2ccc(OC)c(OC)c2)N2Cc3ccccc3C2=O)cc1. The molecule has 0 saturated carbocycles. The number of amides is 2. The molecule has 3 aromatic carbocycles. The van der Waals surface area contributed by atoms with Gasteiger partial charge in [0.2, 0.25) is 5.91 Å². The number of hydrogen-bond acceptors (Lipinski definition) is 4. The molecule has 6 nitrogen and oxygen atoms in total. The van der Waals surface area contributed by atoms with Crippen molar-refractivity contribution in [2.75, 3.05) is 26.2 Å². The average molecular weight is 459 g/mol. The van der Waals surface area contributed by atoms with Crippen LogP contribution in [0.1, 0.15) is 46.4 Å². The summed E-state index contributed by atoms with van der Waals surface area (Å²) in [7, 11) is 4.93. The fraction of sp³-hybridized carbons (Fsp3) is 0.286. The Labute approximate surface area is 200 Å². The van der Waals surface area contributed by atoms with Crippen LogP contribution in [0.4, 0.5) is 5.69 Å². The molecule has 0 spiro atoms. The van der Waals surface area contributed by atoms with Crippen LogP contribution in [0.15, 0.2) is 66.7 Å². The van der Waals surface area contributed by atoms with E-state index in [0.717, 1.165) is 23.2 Å². The largest absolute Gasteiger partial charge is 0.493 e. The molecular weight excluding hydrogens is 428 g/mol. The molecule has 34 heavy (non-hydrogen) atoms. The highest BCUT2D eigenvalue weighted by atomic mass is 16.5. The summed E-state index contributed by atoms with van der Waals surface area (Å²) in [6, 6.07) is 20.7. The Morgan fingerprint density at radius 1 is 1.00 bits per heavy atom. The fourth-order valence-electron chi connectivity index (χ4n) is 4.40. The van der Waals surface area contributed by atoms with E-state index in [1.165, 1.54) is 5.56 Å². The topological polar surface area (TPSA) is 59.1 Å². The Balaban J connectivity index is 1.67. The standard InChI is InChI=1S/C28H30N2O4/c1-5-19-10-13-22(14-11-19)29(2)27(31)17-24(20-12-15-25(33-3)26(16-20)34-4)30-18-21-8-6-7-9-23(21)28(30)32/h6-16,24H,5,17-18H2,1-4H3/t24-/m0/s1. The third kappa shape index (κ3) is 4.49. The van der Waals surface area contributed by atoms with Crippen molar-refractivity contribution in [3.63, 3.8) is 0 Å². The number of methoxy groups -OCH3 is 2. The van der Waals surface area contributed by atoms with Gasteiger partial charge < -0.3 is 19.3 Å². The highest BCUT2D eigenvalue weighted by molar-refractivity contribution is 5.99. The number of benzene rings is 3. The third-order valence-corrected chi connectivity index (χ3v) is 6.49. The monoisotopic (exact) mass is 458 g/mol. The molecule has 2 amide bonds. The first kappa shape index (κ1) is 23.4. The van der Waals surface area contributed by atoms with Crippen molar-refractivity contribution in [1.82, 2.24) is 4.90 Å². The van der Waals surface area contributed by atoms with Crippen molar-refractivity contribution >= 4 is 17.5 Å². The zero-order chi connectivity index (χ0) is 24.2. The van der Waals surface area contributed by atoms with Gasteiger partial charge in [-0.05, 0) is 53.4 Å². The molecule has 0 N–H and O–H groups in total. The van der Waals surface area contributed by atoms with Crippen molar-refractivity contribution in [3.8, 4) is 11.5 Å². The van der Waals surface area contributed by atoms with E-state index in [1.807, 2.05) is 66.7 Å². The zero-order valence-electron chi connectivity index (χ0n) is 20.1. The minimum Gasteiger partial charge on any atom is -0.493 e. The second kappa shape index (κ2) is 10.00. The number of ether oxygens (including phenoxy) is 2. The summed E-state index contributed by atoms with van der Waals surface area (Å²) in [4.78, 5) is 30.2. The number of anilines is 1. The van der Waals surface area contributed by atoms with Crippen LogP contribution in [0.5, 0.6) is 11.5 Å². The van der Waals surface area contributed by atoms with Crippen molar-refractivity contribution in [2.45, 2.75) is 32.4 Å². The maximum absolute atomic E-state index is 13.4. The van der Waals surface area contributed by atoms with Crippen LogP contribution in [0, 0.1) is 0 Å². The first-order valence-corrected chi connectivity index (χ1v) is 11.4.